The van der Waals surface area contributed by atoms with Crippen LogP contribution in [0.3, 0.4) is 0 Å². The van der Waals surface area contributed by atoms with E-state index >= 15 is 0 Å². The van der Waals surface area contributed by atoms with Gasteiger partial charge >= 0.3 is 0 Å². The Kier molecular flexibility index (Phi) is 4.94. The average Bonchev–Trinajstić information content (AvgIpc) is 3.33. The van der Waals surface area contributed by atoms with Gasteiger partial charge in [-0.15, -0.1) is 0 Å². The summed E-state index contributed by atoms with van der Waals surface area (Å²) in [6.45, 7) is 2.87. The van der Waals surface area contributed by atoms with Crippen LogP contribution in [0, 0.1) is 6.92 Å². The number of carbonyl (C=O) groups excluding carboxylic acids is 2. The molecule has 1 aliphatic rings. The number of benzene rings is 1. The molecule has 29 heavy (non-hydrogen) atoms. The van der Waals surface area contributed by atoms with E-state index in [2.05, 4.69) is 20.6 Å². The summed E-state index contributed by atoms with van der Waals surface area (Å²) >= 11 is 0. The summed E-state index contributed by atoms with van der Waals surface area (Å²) in [7, 11) is 0. The number of H-pyrrole nitrogens is 1. The summed E-state index contributed by atoms with van der Waals surface area (Å²) < 4.78 is 1.49. The Bertz CT molecular complexity index is 1100. The molecule has 2 N–H and O–H groups in total. The smallest absolute Gasteiger partial charge is 0.264 e. The van der Waals surface area contributed by atoms with Crippen molar-refractivity contribution in [2.45, 2.75) is 26.3 Å². The molecule has 2 amide bonds. The lowest BCUT2D eigenvalue weighted by molar-refractivity contribution is -0.117. The lowest BCUT2D eigenvalue weighted by Gasteiger charge is -2.16. The molecule has 0 aliphatic carbocycles. The lowest BCUT2D eigenvalue weighted by atomic mass is 10.2. The van der Waals surface area contributed by atoms with Crippen LogP contribution in [0.1, 0.15) is 34.5 Å². The molecule has 1 aliphatic heterocycles. The minimum Gasteiger partial charge on any atom is -0.348 e. The molecule has 9 nitrogen and oxygen atoms in total. The third-order valence-corrected chi connectivity index (χ3v) is 4.91. The lowest BCUT2D eigenvalue weighted by Crippen LogP contribution is -2.24. The Morgan fingerprint density at radius 2 is 1.97 bits per heavy atom. The predicted octanol–water partition coefficient (Wildman–Crippen LogP) is 1.32. The van der Waals surface area contributed by atoms with Crippen molar-refractivity contribution in [3.05, 3.63) is 69.8 Å². The molecule has 9 heteroatoms. The molecule has 2 aromatic heterocycles. The Morgan fingerprint density at radius 3 is 2.62 bits per heavy atom. The molecule has 4 rings (SSSR count). The number of amides is 2. The number of nitrogens with one attached hydrogen (secondary N) is 2. The number of anilines is 1. The highest BCUT2D eigenvalue weighted by Gasteiger charge is 2.21. The first-order valence-corrected chi connectivity index (χ1v) is 9.31. The van der Waals surface area contributed by atoms with Gasteiger partial charge in [0.15, 0.2) is 5.82 Å². The standard InChI is InChI=1S/C20H20N6O3/c1-13-16(12-22-26(13)17-8-9-18(27)24-23-17)20(29)21-11-14-4-6-15(7-5-14)25-10-2-3-19(25)28/h4-9,12H,2-3,10-11H2,1H3,(H,21,29)(H,24,27). The summed E-state index contributed by atoms with van der Waals surface area (Å²) in [4.78, 5) is 37.3. The Hall–Kier alpha value is -3.75. The van der Waals surface area contributed by atoms with E-state index in [0.29, 0.717) is 30.0 Å². The summed E-state index contributed by atoms with van der Waals surface area (Å²) in [5.41, 5.74) is 2.55. The van der Waals surface area contributed by atoms with Crippen molar-refractivity contribution in [3.63, 3.8) is 0 Å². The molecule has 0 saturated carbocycles. The molecule has 1 aromatic carbocycles. The molecular formula is C20H20N6O3. The van der Waals surface area contributed by atoms with Crippen LogP contribution >= 0.6 is 0 Å². The zero-order chi connectivity index (χ0) is 20.4. The number of rotatable bonds is 5. The van der Waals surface area contributed by atoms with E-state index in [1.165, 1.54) is 23.0 Å². The molecule has 3 heterocycles. The van der Waals surface area contributed by atoms with Gasteiger partial charge in [-0.05, 0) is 37.1 Å². The number of aromatic nitrogens is 4. The second kappa shape index (κ2) is 7.70. The van der Waals surface area contributed by atoms with Crippen molar-refractivity contribution < 1.29 is 9.59 Å². The van der Waals surface area contributed by atoms with Crippen LogP contribution in [0.25, 0.3) is 5.82 Å². The molecule has 1 fully saturated rings. The maximum absolute atomic E-state index is 12.6. The predicted molar refractivity (Wildman–Crippen MR) is 106 cm³/mol. The van der Waals surface area contributed by atoms with Gasteiger partial charge in [-0.1, -0.05) is 12.1 Å². The number of aromatic amines is 1. The van der Waals surface area contributed by atoms with Crippen molar-refractivity contribution in [2.75, 3.05) is 11.4 Å². The van der Waals surface area contributed by atoms with E-state index in [0.717, 1.165) is 24.2 Å². The van der Waals surface area contributed by atoms with Gasteiger partial charge < -0.3 is 10.2 Å². The normalized spacial score (nSPS) is 13.7. The highest BCUT2D eigenvalue weighted by Crippen LogP contribution is 2.21. The molecule has 1 saturated heterocycles. The van der Waals surface area contributed by atoms with Crippen molar-refractivity contribution in [2.24, 2.45) is 0 Å². The second-order valence-electron chi connectivity index (χ2n) is 6.83. The van der Waals surface area contributed by atoms with Gasteiger partial charge in [0.2, 0.25) is 5.91 Å². The highest BCUT2D eigenvalue weighted by atomic mass is 16.2. The largest absolute Gasteiger partial charge is 0.348 e. The van der Waals surface area contributed by atoms with Crippen molar-refractivity contribution in [1.82, 2.24) is 25.3 Å². The molecule has 0 spiro atoms. The zero-order valence-electron chi connectivity index (χ0n) is 15.9. The van der Waals surface area contributed by atoms with Gasteiger partial charge in [0.05, 0.1) is 17.5 Å². The number of nitrogens with zero attached hydrogens (tertiary/aromatic N) is 4. The van der Waals surface area contributed by atoms with E-state index in [9.17, 15) is 14.4 Å². The minimum absolute atomic E-state index is 0.149. The molecule has 0 radical (unpaired) electrons. The first-order valence-electron chi connectivity index (χ1n) is 9.31. The average molecular weight is 392 g/mol. The fraction of sp³-hybridized carbons (Fsp3) is 0.250. The van der Waals surface area contributed by atoms with Gasteiger partial charge in [0.25, 0.3) is 11.5 Å². The molecule has 148 valence electrons. The van der Waals surface area contributed by atoms with Gasteiger partial charge in [0.1, 0.15) is 0 Å². The van der Waals surface area contributed by atoms with Crippen molar-refractivity contribution in [1.29, 1.82) is 0 Å². The Labute approximate surface area is 166 Å². The molecule has 3 aromatic rings. The third-order valence-electron chi connectivity index (χ3n) is 4.91. The highest BCUT2D eigenvalue weighted by molar-refractivity contribution is 5.96. The van der Waals surface area contributed by atoms with E-state index in [1.807, 2.05) is 24.3 Å². The number of hydrogen-bond acceptors (Lipinski definition) is 5. The molecule has 0 bridgehead atoms. The van der Waals surface area contributed by atoms with Gasteiger partial charge in [-0.2, -0.15) is 10.2 Å². The second-order valence-corrected chi connectivity index (χ2v) is 6.83. The van der Waals surface area contributed by atoms with E-state index < -0.39 is 0 Å². The first kappa shape index (κ1) is 18.6. The third kappa shape index (κ3) is 3.79. The van der Waals surface area contributed by atoms with Crippen molar-refractivity contribution >= 4 is 17.5 Å². The number of hydrogen-bond donors (Lipinski definition) is 2. The summed E-state index contributed by atoms with van der Waals surface area (Å²) in [5, 5.41) is 13.3. The maximum atomic E-state index is 12.6. The fourth-order valence-electron chi connectivity index (χ4n) is 3.31. The number of carbonyl (C=O) groups is 2. The first-order chi connectivity index (χ1) is 14.0. The zero-order valence-corrected chi connectivity index (χ0v) is 15.9. The summed E-state index contributed by atoms with van der Waals surface area (Å²) in [6, 6.07) is 10.5. The molecule has 0 atom stereocenters. The topological polar surface area (TPSA) is 113 Å². The van der Waals surface area contributed by atoms with Crippen LogP contribution in [0.2, 0.25) is 0 Å². The van der Waals surface area contributed by atoms with Gasteiger partial charge in [-0.25, -0.2) is 9.78 Å². The van der Waals surface area contributed by atoms with Crippen LogP contribution in [-0.2, 0) is 11.3 Å². The quantitative estimate of drug-likeness (QED) is 0.680. The maximum Gasteiger partial charge on any atom is 0.264 e. The van der Waals surface area contributed by atoms with E-state index in [1.54, 1.807) is 11.8 Å². The minimum atomic E-state index is -0.309. The Balaban J connectivity index is 1.42. The van der Waals surface area contributed by atoms with Crippen LogP contribution in [0.15, 0.2) is 47.4 Å². The van der Waals surface area contributed by atoms with Crippen molar-refractivity contribution in [3.8, 4) is 5.82 Å². The Morgan fingerprint density at radius 1 is 1.17 bits per heavy atom. The van der Waals surface area contributed by atoms with Crippen LogP contribution in [-0.4, -0.2) is 38.3 Å². The van der Waals surface area contributed by atoms with Crippen LogP contribution in [0.5, 0.6) is 0 Å². The fourth-order valence-corrected chi connectivity index (χ4v) is 3.31. The van der Waals surface area contributed by atoms with E-state index in [-0.39, 0.29) is 17.4 Å². The SMILES string of the molecule is Cc1c(C(=O)NCc2ccc(N3CCCC3=O)cc2)cnn1-c1ccc(=O)[nH]n1. The van der Waals surface area contributed by atoms with Gasteiger partial charge in [0, 0.05) is 31.3 Å². The summed E-state index contributed by atoms with van der Waals surface area (Å²) in [6.07, 6.45) is 2.96. The monoisotopic (exact) mass is 392 g/mol. The van der Waals surface area contributed by atoms with Crippen LogP contribution < -0.4 is 15.8 Å². The molecular weight excluding hydrogens is 372 g/mol. The molecule has 0 unspecified atom stereocenters. The van der Waals surface area contributed by atoms with E-state index in [4.69, 9.17) is 0 Å². The van der Waals surface area contributed by atoms with Crippen LogP contribution in [0.4, 0.5) is 5.69 Å². The summed E-state index contributed by atoms with van der Waals surface area (Å²) in [5.74, 6) is 0.320. The van der Waals surface area contributed by atoms with Gasteiger partial charge in [-0.3, -0.25) is 14.4 Å².